The van der Waals surface area contributed by atoms with E-state index in [0.29, 0.717) is 24.8 Å². The Morgan fingerprint density at radius 1 is 1.21 bits per heavy atom. The molecular formula is C18H23FN4O4S. The number of nitrogens with one attached hydrogen (secondary N) is 2. The molecule has 0 bridgehead atoms. The van der Waals surface area contributed by atoms with E-state index >= 15 is 0 Å². The van der Waals surface area contributed by atoms with Crippen LogP contribution in [0.1, 0.15) is 15.5 Å². The van der Waals surface area contributed by atoms with Crippen LogP contribution in [0.25, 0.3) is 0 Å². The van der Waals surface area contributed by atoms with Gasteiger partial charge in [-0.1, -0.05) is 12.1 Å². The lowest BCUT2D eigenvalue weighted by atomic mass is 10.3. The van der Waals surface area contributed by atoms with Gasteiger partial charge in [-0.25, -0.2) is 14.2 Å². The first-order chi connectivity index (χ1) is 13.5. The van der Waals surface area contributed by atoms with Crippen molar-refractivity contribution in [2.24, 2.45) is 0 Å². The Hall–Kier alpha value is -2.56. The van der Waals surface area contributed by atoms with E-state index in [2.05, 4.69) is 15.6 Å². The van der Waals surface area contributed by atoms with Crippen LogP contribution in [0.5, 0.6) is 0 Å². The van der Waals surface area contributed by atoms with E-state index in [9.17, 15) is 14.0 Å². The van der Waals surface area contributed by atoms with Gasteiger partial charge in [0.1, 0.15) is 16.5 Å². The first-order valence-corrected chi connectivity index (χ1v) is 9.44. The van der Waals surface area contributed by atoms with Crippen LogP contribution in [0.15, 0.2) is 29.6 Å². The minimum absolute atomic E-state index is 0.0901. The van der Waals surface area contributed by atoms with Gasteiger partial charge in [-0.05, 0) is 12.1 Å². The van der Waals surface area contributed by atoms with Gasteiger partial charge in [0.2, 0.25) is 0 Å². The number of rotatable bonds is 10. The van der Waals surface area contributed by atoms with Crippen molar-refractivity contribution in [1.29, 1.82) is 0 Å². The molecule has 0 aliphatic heterocycles. The molecule has 28 heavy (non-hydrogen) atoms. The second-order valence-corrected chi connectivity index (χ2v) is 6.64. The third kappa shape index (κ3) is 6.55. The van der Waals surface area contributed by atoms with Crippen LogP contribution in [0.2, 0.25) is 0 Å². The van der Waals surface area contributed by atoms with Gasteiger partial charge in [-0.3, -0.25) is 4.79 Å². The summed E-state index contributed by atoms with van der Waals surface area (Å²) in [6.45, 7) is 1.54. The van der Waals surface area contributed by atoms with Crippen molar-refractivity contribution in [1.82, 2.24) is 15.2 Å². The standard InChI is InChI=1S/C18H23FN4O4S/c1-26-9-7-20-17(24)15-12-28-16(21-15)11-23(8-10-27-2)18(25)22-14-6-4-3-5-13(14)19/h3-6,12H,7-11H2,1-2H3,(H,20,24)(H,22,25). The van der Waals surface area contributed by atoms with E-state index in [1.54, 1.807) is 24.6 Å². The number of nitrogens with zero attached hydrogens (tertiary/aromatic N) is 2. The van der Waals surface area contributed by atoms with Gasteiger partial charge < -0.3 is 25.0 Å². The van der Waals surface area contributed by atoms with Crippen LogP contribution in [0.4, 0.5) is 14.9 Å². The number of halogens is 1. The molecule has 152 valence electrons. The molecule has 8 nitrogen and oxygen atoms in total. The van der Waals surface area contributed by atoms with Crippen molar-refractivity contribution in [3.05, 3.63) is 46.2 Å². The fraction of sp³-hybridized carbons (Fsp3) is 0.389. The highest BCUT2D eigenvalue weighted by atomic mass is 32.1. The number of amides is 3. The fourth-order valence-electron chi connectivity index (χ4n) is 2.22. The Morgan fingerprint density at radius 3 is 2.68 bits per heavy atom. The molecular weight excluding hydrogens is 387 g/mol. The monoisotopic (exact) mass is 410 g/mol. The molecule has 0 saturated carbocycles. The van der Waals surface area contributed by atoms with Gasteiger partial charge in [0.05, 0.1) is 25.4 Å². The zero-order valence-electron chi connectivity index (χ0n) is 15.7. The van der Waals surface area contributed by atoms with Crippen LogP contribution in [-0.4, -0.2) is 62.3 Å². The summed E-state index contributed by atoms with van der Waals surface area (Å²) in [5.74, 6) is -0.828. The van der Waals surface area contributed by atoms with Gasteiger partial charge >= 0.3 is 6.03 Å². The lowest BCUT2D eigenvalue weighted by molar-refractivity contribution is 0.0932. The maximum atomic E-state index is 13.8. The van der Waals surface area contributed by atoms with Crippen molar-refractivity contribution < 1.29 is 23.5 Å². The molecule has 0 fully saturated rings. The summed E-state index contributed by atoms with van der Waals surface area (Å²) in [7, 11) is 3.08. The summed E-state index contributed by atoms with van der Waals surface area (Å²) in [5.41, 5.74) is 0.365. The topological polar surface area (TPSA) is 92.8 Å². The van der Waals surface area contributed by atoms with E-state index in [1.165, 1.54) is 35.5 Å². The van der Waals surface area contributed by atoms with Crippen molar-refractivity contribution >= 4 is 29.0 Å². The van der Waals surface area contributed by atoms with Crippen molar-refractivity contribution in [2.45, 2.75) is 6.54 Å². The highest BCUT2D eigenvalue weighted by molar-refractivity contribution is 7.09. The normalized spacial score (nSPS) is 10.5. The second-order valence-electron chi connectivity index (χ2n) is 5.70. The molecule has 1 heterocycles. The average Bonchev–Trinajstić information content (AvgIpc) is 3.15. The third-order valence-corrected chi connectivity index (χ3v) is 4.50. The number of benzene rings is 1. The summed E-state index contributed by atoms with van der Waals surface area (Å²) in [6.07, 6.45) is 0. The van der Waals surface area contributed by atoms with Gasteiger partial charge in [-0.15, -0.1) is 11.3 Å². The van der Waals surface area contributed by atoms with E-state index in [1.807, 2.05) is 0 Å². The number of urea groups is 1. The zero-order chi connectivity index (χ0) is 20.4. The SMILES string of the molecule is COCCNC(=O)c1csc(CN(CCOC)C(=O)Nc2ccccc2F)n1. The molecule has 0 unspecified atom stereocenters. The van der Waals surface area contributed by atoms with Crippen LogP contribution in [-0.2, 0) is 16.0 Å². The predicted octanol–water partition coefficient (Wildman–Crippen LogP) is 2.34. The number of para-hydroxylation sites is 1. The van der Waals surface area contributed by atoms with Gasteiger partial charge in [0.15, 0.2) is 0 Å². The number of ether oxygens (including phenoxy) is 2. The molecule has 10 heteroatoms. The van der Waals surface area contributed by atoms with Crippen LogP contribution < -0.4 is 10.6 Å². The van der Waals surface area contributed by atoms with Crippen LogP contribution in [0, 0.1) is 5.82 Å². The number of aromatic nitrogens is 1. The molecule has 0 spiro atoms. The van der Waals surface area contributed by atoms with E-state index in [-0.39, 0.29) is 30.4 Å². The quantitative estimate of drug-likeness (QED) is 0.587. The number of methoxy groups -OCH3 is 2. The molecule has 0 atom stereocenters. The fourth-order valence-corrected chi connectivity index (χ4v) is 3.01. The molecule has 1 aromatic carbocycles. The molecule has 0 radical (unpaired) electrons. The highest BCUT2D eigenvalue weighted by Gasteiger charge is 2.18. The number of thiazole rings is 1. The van der Waals surface area contributed by atoms with Gasteiger partial charge in [-0.2, -0.15) is 0 Å². The molecule has 1 aromatic heterocycles. The van der Waals surface area contributed by atoms with E-state index < -0.39 is 11.8 Å². The lowest BCUT2D eigenvalue weighted by Gasteiger charge is -2.22. The Balaban J connectivity index is 2.02. The molecule has 0 saturated heterocycles. The summed E-state index contributed by atoms with van der Waals surface area (Å²) in [4.78, 5) is 30.3. The van der Waals surface area contributed by atoms with E-state index in [0.717, 1.165) is 0 Å². The van der Waals surface area contributed by atoms with Crippen LogP contribution in [0.3, 0.4) is 0 Å². The lowest BCUT2D eigenvalue weighted by Crippen LogP contribution is -2.37. The maximum Gasteiger partial charge on any atom is 0.322 e. The van der Waals surface area contributed by atoms with Crippen molar-refractivity contribution in [2.75, 3.05) is 45.8 Å². The first kappa shape index (κ1) is 21.7. The van der Waals surface area contributed by atoms with Crippen molar-refractivity contribution in [3.8, 4) is 0 Å². The largest absolute Gasteiger partial charge is 0.383 e. The Kier molecular flexibility index (Phi) is 8.79. The molecule has 2 aromatic rings. The third-order valence-electron chi connectivity index (χ3n) is 3.67. The summed E-state index contributed by atoms with van der Waals surface area (Å²) < 4.78 is 23.7. The second kappa shape index (κ2) is 11.3. The highest BCUT2D eigenvalue weighted by Crippen LogP contribution is 2.16. The van der Waals surface area contributed by atoms with Gasteiger partial charge in [0.25, 0.3) is 5.91 Å². The molecule has 3 amide bonds. The Bertz CT molecular complexity index is 786. The number of carbonyl (C=O) groups excluding carboxylic acids is 2. The number of hydrogen-bond acceptors (Lipinski definition) is 6. The minimum Gasteiger partial charge on any atom is -0.383 e. The number of hydrogen-bond donors (Lipinski definition) is 2. The maximum absolute atomic E-state index is 13.8. The Morgan fingerprint density at radius 2 is 1.96 bits per heavy atom. The predicted molar refractivity (Wildman–Crippen MR) is 104 cm³/mol. The molecule has 0 aliphatic rings. The van der Waals surface area contributed by atoms with Crippen molar-refractivity contribution in [3.63, 3.8) is 0 Å². The van der Waals surface area contributed by atoms with E-state index in [4.69, 9.17) is 9.47 Å². The van der Waals surface area contributed by atoms with Gasteiger partial charge in [0, 0.05) is 32.7 Å². The molecule has 2 rings (SSSR count). The first-order valence-electron chi connectivity index (χ1n) is 8.56. The summed E-state index contributed by atoms with van der Waals surface area (Å²) in [5, 5.41) is 7.44. The number of anilines is 1. The smallest absolute Gasteiger partial charge is 0.322 e. The number of carbonyl (C=O) groups is 2. The summed E-state index contributed by atoms with van der Waals surface area (Å²) in [6, 6.07) is 5.44. The molecule has 2 N–H and O–H groups in total. The molecule has 0 aliphatic carbocycles. The van der Waals surface area contributed by atoms with Crippen LogP contribution >= 0.6 is 11.3 Å². The Labute approximate surface area is 166 Å². The summed E-state index contributed by atoms with van der Waals surface area (Å²) >= 11 is 1.27. The zero-order valence-corrected chi connectivity index (χ0v) is 16.6. The average molecular weight is 410 g/mol. The minimum atomic E-state index is -0.521.